The van der Waals surface area contributed by atoms with Crippen LogP contribution in [0.3, 0.4) is 0 Å². The van der Waals surface area contributed by atoms with Crippen LogP contribution >= 0.6 is 35.0 Å². The lowest BCUT2D eigenvalue weighted by atomic mass is 10.1. The molecule has 0 saturated heterocycles. The van der Waals surface area contributed by atoms with Crippen molar-refractivity contribution in [3.05, 3.63) is 69.0 Å². The SMILES string of the molecule is Cc1cc(C)cc(NC(=O)CSc2nnc(CNC(=O)c3ccc(Cl)c(Cl)c3)n2C)c1. The standard InChI is InChI=1S/C21H21Cl2N5O2S/c1-12-6-13(2)8-15(7-12)25-19(29)11-31-21-27-26-18(28(21)3)10-24-20(30)14-4-5-16(22)17(23)9-14/h4-9H,10-11H2,1-3H3,(H,24,30)(H,25,29). The third kappa shape index (κ3) is 6.22. The monoisotopic (exact) mass is 477 g/mol. The smallest absolute Gasteiger partial charge is 0.251 e. The van der Waals surface area contributed by atoms with E-state index in [2.05, 4.69) is 20.8 Å². The highest BCUT2D eigenvalue weighted by Gasteiger charge is 2.14. The van der Waals surface area contributed by atoms with Gasteiger partial charge in [-0.15, -0.1) is 10.2 Å². The van der Waals surface area contributed by atoms with Gasteiger partial charge in [-0.1, -0.05) is 41.0 Å². The molecule has 0 atom stereocenters. The lowest BCUT2D eigenvalue weighted by Gasteiger charge is -2.08. The van der Waals surface area contributed by atoms with E-state index in [1.807, 2.05) is 32.0 Å². The molecule has 0 bridgehead atoms. The van der Waals surface area contributed by atoms with Gasteiger partial charge >= 0.3 is 0 Å². The van der Waals surface area contributed by atoms with Gasteiger partial charge in [0.05, 0.1) is 22.3 Å². The number of carbonyl (C=O) groups excluding carboxylic acids is 2. The Hall–Kier alpha value is -2.55. The minimum atomic E-state index is -0.302. The molecule has 2 amide bonds. The Labute approximate surface area is 194 Å². The topological polar surface area (TPSA) is 88.9 Å². The number of thioether (sulfide) groups is 1. The quantitative estimate of drug-likeness (QED) is 0.492. The summed E-state index contributed by atoms with van der Waals surface area (Å²) in [6, 6.07) is 10.6. The Balaban J connectivity index is 1.54. The summed E-state index contributed by atoms with van der Waals surface area (Å²) in [5, 5.41) is 15.1. The maximum Gasteiger partial charge on any atom is 0.251 e. The Kier molecular flexibility index (Phi) is 7.59. The van der Waals surface area contributed by atoms with Crippen molar-refractivity contribution in [3.63, 3.8) is 0 Å². The van der Waals surface area contributed by atoms with Crippen LogP contribution in [0.25, 0.3) is 0 Å². The molecule has 1 aromatic heterocycles. The van der Waals surface area contributed by atoms with E-state index in [0.29, 0.717) is 26.6 Å². The number of amides is 2. The molecule has 31 heavy (non-hydrogen) atoms. The number of carbonyl (C=O) groups is 2. The van der Waals surface area contributed by atoms with E-state index in [1.165, 1.54) is 17.8 Å². The Bertz CT molecular complexity index is 1110. The molecule has 162 valence electrons. The predicted molar refractivity (Wildman–Crippen MR) is 124 cm³/mol. The second kappa shape index (κ2) is 10.2. The average Bonchev–Trinajstić information content (AvgIpc) is 3.05. The highest BCUT2D eigenvalue weighted by Crippen LogP contribution is 2.22. The highest BCUT2D eigenvalue weighted by atomic mass is 35.5. The van der Waals surface area contributed by atoms with E-state index in [-0.39, 0.29) is 24.1 Å². The number of aryl methyl sites for hydroxylation is 2. The van der Waals surface area contributed by atoms with Crippen LogP contribution in [0.5, 0.6) is 0 Å². The van der Waals surface area contributed by atoms with Gasteiger partial charge in [0, 0.05) is 18.3 Å². The summed E-state index contributed by atoms with van der Waals surface area (Å²) in [5.74, 6) is 0.316. The first kappa shape index (κ1) is 23.1. The Morgan fingerprint density at radius 2 is 1.74 bits per heavy atom. The molecular weight excluding hydrogens is 457 g/mol. The van der Waals surface area contributed by atoms with Gasteiger partial charge in [-0.3, -0.25) is 9.59 Å². The summed E-state index contributed by atoms with van der Waals surface area (Å²) in [5.41, 5.74) is 3.34. The van der Waals surface area contributed by atoms with Crippen LogP contribution in [0.4, 0.5) is 5.69 Å². The third-order valence-electron chi connectivity index (χ3n) is 4.35. The maximum atomic E-state index is 12.3. The van der Waals surface area contributed by atoms with Crippen LogP contribution in [0, 0.1) is 13.8 Å². The number of anilines is 1. The minimum absolute atomic E-state index is 0.132. The molecule has 3 aromatic rings. The molecule has 7 nitrogen and oxygen atoms in total. The number of halogens is 2. The van der Waals surface area contributed by atoms with Crippen molar-refractivity contribution in [1.29, 1.82) is 0 Å². The summed E-state index contributed by atoms with van der Waals surface area (Å²) in [6.07, 6.45) is 0. The molecule has 0 aliphatic carbocycles. The first-order chi connectivity index (χ1) is 14.7. The summed E-state index contributed by atoms with van der Waals surface area (Å²) in [6.45, 7) is 4.15. The summed E-state index contributed by atoms with van der Waals surface area (Å²) in [4.78, 5) is 24.6. The van der Waals surface area contributed by atoms with Crippen LogP contribution in [-0.2, 0) is 18.4 Å². The largest absolute Gasteiger partial charge is 0.345 e. The van der Waals surface area contributed by atoms with Crippen molar-refractivity contribution in [2.75, 3.05) is 11.1 Å². The second-order valence-corrected chi connectivity index (χ2v) is 8.74. The number of hydrogen-bond acceptors (Lipinski definition) is 5. The van der Waals surface area contributed by atoms with Crippen molar-refractivity contribution >= 4 is 52.5 Å². The molecule has 0 saturated carbocycles. The van der Waals surface area contributed by atoms with Crippen LogP contribution < -0.4 is 10.6 Å². The molecule has 1 heterocycles. The number of hydrogen-bond donors (Lipinski definition) is 2. The van der Waals surface area contributed by atoms with Crippen molar-refractivity contribution < 1.29 is 9.59 Å². The van der Waals surface area contributed by atoms with Crippen molar-refractivity contribution in [3.8, 4) is 0 Å². The van der Waals surface area contributed by atoms with E-state index in [9.17, 15) is 9.59 Å². The van der Waals surface area contributed by atoms with E-state index in [1.54, 1.807) is 23.7 Å². The van der Waals surface area contributed by atoms with Crippen molar-refractivity contribution in [2.24, 2.45) is 7.05 Å². The lowest BCUT2D eigenvalue weighted by Crippen LogP contribution is -2.24. The summed E-state index contributed by atoms with van der Waals surface area (Å²) in [7, 11) is 1.78. The first-order valence-corrected chi connectivity index (χ1v) is 11.1. The van der Waals surface area contributed by atoms with E-state index in [0.717, 1.165) is 16.8 Å². The number of nitrogens with zero attached hydrogens (tertiary/aromatic N) is 3. The molecule has 2 aromatic carbocycles. The molecule has 0 radical (unpaired) electrons. The van der Waals surface area contributed by atoms with Gasteiger partial charge in [-0.2, -0.15) is 0 Å². The number of nitrogens with one attached hydrogen (secondary N) is 2. The first-order valence-electron chi connectivity index (χ1n) is 9.35. The van der Waals surface area contributed by atoms with E-state index in [4.69, 9.17) is 23.2 Å². The van der Waals surface area contributed by atoms with Crippen LogP contribution in [0.1, 0.15) is 27.3 Å². The minimum Gasteiger partial charge on any atom is -0.345 e. The van der Waals surface area contributed by atoms with Gasteiger partial charge in [0.25, 0.3) is 5.91 Å². The number of aromatic nitrogens is 3. The van der Waals surface area contributed by atoms with Gasteiger partial charge in [-0.25, -0.2) is 0 Å². The fraction of sp³-hybridized carbons (Fsp3) is 0.238. The number of benzene rings is 2. The maximum absolute atomic E-state index is 12.3. The lowest BCUT2D eigenvalue weighted by molar-refractivity contribution is -0.113. The molecule has 0 fully saturated rings. The predicted octanol–water partition coefficient (Wildman–Crippen LogP) is 4.40. The van der Waals surface area contributed by atoms with Gasteiger partial charge in [0.1, 0.15) is 0 Å². The van der Waals surface area contributed by atoms with Crippen molar-refractivity contribution in [2.45, 2.75) is 25.5 Å². The highest BCUT2D eigenvalue weighted by molar-refractivity contribution is 7.99. The molecule has 2 N–H and O–H groups in total. The van der Waals surface area contributed by atoms with Gasteiger partial charge < -0.3 is 15.2 Å². The van der Waals surface area contributed by atoms with Crippen LogP contribution in [-0.4, -0.2) is 32.3 Å². The zero-order valence-corrected chi connectivity index (χ0v) is 19.5. The normalized spacial score (nSPS) is 10.7. The summed E-state index contributed by atoms with van der Waals surface area (Å²) < 4.78 is 1.74. The van der Waals surface area contributed by atoms with Crippen molar-refractivity contribution in [1.82, 2.24) is 20.1 Å². The summed E-state index contributed by atoms with van der Waals surface area (Å²) >= 11 is 13.1. The fourth-order valence-corrected chi connectivity index (χ4v) is 3.93. The molecule has 0 spiro atoms. The van der Waals surface area contributed by atoms with E-state index < -0.39 is 0 Å². The van der Waals surface area contributed by atoms with E-state index >= 15 is 0 Å². The molecule has 10 heteroatoms. The Morgan fingerprint density at radius 1 is 1.03 bits per heavy atom. The number of rotatable bonds is 7. The molecule has 0 unspecified atom stereocenters. The average molecular weight is 478 g/mol. The molecule has 3 rings (SSSR count). The van der Waals surface area contributed by atoms with Gasteiger partial charge in [0.15, 0.2) is 11.0 Å². The van der Waals surface area contributed by atoms with Crippen LogP contribution in [0.2, 0.25) is 10.0 Å². The zero-order chi connectivity index (χ0) is 22.5. The zero-order valence-electron chi connectivity index (χ0n) is 17.2. The molecular formula is C21H21Cl2N5O2S. The second-order valence-electron chi connectivity index (χ2n) is 6.98. The molecule has 0 aliphatic rings. The van der Waals surface area contributed by atoms with Crippen LogP contribution in [0.15, 0.2) is 41.6 Å². The molecule has 0 aliphatic heterocycles. The van der Waals surface area contributed by atoms with Gasteiger partial charge in [0.2, 0.25) is 5.91 Å². The third-order valence-corrected chi connectivity index (χ3v) is 6.11. The van der Waals surface area contributed by atoms with Gasteiger partial charge in [-0.05, 0) is 55.3 Å². The fourth-order valence-electron chi connectivity index (χ4n) is 2.90. The Morgan fingerprint density at radius 3 is 2.42 bits per heavy atom.